The van der Waals surface area contributed by atoms with E-state index in [1.165, 1.54) is 0 Å². The van der Waals surface area contributed by atoms with E-state index in [1.54, 1.807) is 0 Å². The Hall–Kier alpha value is -1.78. The lowest BCUT2D eigenvalue weighted by Crippen LogP contribution is -2.35. The monoisotopic (exact) mass is 293 g/mol. The zero-order valence-electron chi connectivity index (χ0n) is 12.9. The maximum Gasteiger partial charge on any atom is 0.303 e. The van der Waals surface area contributed by atoms with Gasteiger partial charge in [-0.25, -0.2) is 0 Å². The molecule has 0 saturated heterocycles. The van der Waals surface area contributed by atoms with E-state index in [-0.39, 0.29) is 30.2 Å². The van der Waals surface area contributed by atoms with Crippen LogP contribution >= 0.6 is 0 Å². The molecule has 1 aromatic heterocycles. The van der Waals surface area contributed by atoms with Crippen LogP contribution in [0.25, 0.3) is 0 Å². The van der Waals surface area contributed by atoms with Gasteiger partial charge in [-0.1, -0.05) is 13.8 Å². The summed E-state index contributed by atoms with van der Waals surface area (Å²) in [5, 5.41) is 11.6. The number of amides is 1. The van der Waals surface area contributed by atoms with Gasteiger partial charge < -0.3 is 14.8 Å². The van der Waals surface area contributed by atoms with E-state index in [2.05, 4.69) is 19.2 Å². The van der Waals surface area contributed by atoms with Gasteiger partial charge in [-0.2, -0.15) is 0 Å². The Labute approximate surface area is 124 Å². The van der Waals surface area contributed by atoms with Crippen LogP contribution in [0.2, 0.25) is 0 Å². The first kappa shape index (κ1) is 15.6. The molecule has 116 valence electrons. The summed E-state index contributed by atoms with van der Waals surface area (Å²) in [4.78, 5) is 22.5. The quantitative estimate of drug-likeness (QED) is 0.874. The van der Waals surface area contributed by atoms with Crippen LogP contribution in [0.3, 0.4) is 0 Å². The van der Waals surface area contributed by atoms with Crippen LogP contribution in [-0.2, 0) is 16.0 Å². The van der Waals surface area contributed by atoms with Gasteiger partial charge in [0.1, 0.15) is 11.5 Å². The molecule has 1 amide bonds. The lowest BCUT2D eigenvalue weighted by molar-refractivity contribution is -0.137. The Balaban J connectivity index is 2.02. The molecule has 0 aromatic carbocycles. The average molecular weight is 293 g/mol. The summed E-state index contributed by atoms with van der Waals surface area (Å²) in [6.07, 6.45) is 2.38. The Morgan fingerprint density at radius 1 is 1.43 bits per heavy atom. The van der Waals surface area contributed by atoms with Crippen molar-refractivity contribution in [2.24, 2.45) is 5.41 Å². The van der Waals surface area contributed by atoms with Gasteiger partial charge in [0, 0.05) is 24.8 Å². The number of aliphatic carboxylic acids is 1. The van der Waals surface area contributed by atoms with Gasteiger partial charge in [-0.3, -0.25) is 9.59 Å². The van der Waals surface area contributed by atoms with Crippen LogP contribution in [0.5, 0.6) is 0 Å². The molecular formula is C16H23NO4. The molecule has 0 radical (unpaired) electrons. The maximum absolute atomic E-state index is 12.0. The van der Waals surface area contributed by atoms with E-state index >= 15 is 0 Å². The fourth-order valence-corrected chi connectivity index (χ4v) is 2.98. The Morgan fingerprint density at radius 2 is 2.14 bits per heavy atom. The number of hydrogen-bond donors (Lipinski definition) is 2. The van der Waals surface area contributed by atoms with Crippen molar-refractivity contribution in [1.82, 2.24) is 5.32 Å². The third-order valence-corrected chi connectivity index (χ3v) is 3.87. The number of carbonyl (C=O) groups is 2. The van der Waals surface area contributed by atoms with Crippen LogP contribution in [-0.4, -0.2) is 17.0 Å². The Morgan fingerprint density at radius 3 is 2.81 bits per heavy atom. The highest BCUT2D eigenvalue weighted by atomic mass is 16.4. The lowest BCUT2D eigenvalue weighted by Gasteiger charge is -2.34. The van der Waals surface area contributed by atoms with Crippen LogP contribution in [0.1, 0.15) is 62.7 Å². The van der Waals surface area contributed by atoms with Gasteiger partial charge in [0.05, 0.1) is 6.04 Å². The number of hydrogen-bond acceptors (Lipinski definition) is 3. The van der Waals surface area contributed by atoms with E-state index in [4.69, 9.17) is 9.52 Å². The van der Waals surface area contributed by atoms with Crippen molar-refractivity contribution in [3.63, 3.8) is 0 Å². The molecule has 5 heteroatoms. The van der Waals surface area contributed by atoms with E-state index in [0.29, 0.717) is 6.42 Å². The van der Waals surface area contributed by atoms with Crippen molar-refractivity contribution in [2.75, 3.05) is 0 Å². The minimum absolute atomic E-state index is 0.0274. The van der Waals surface area contributed by atoms with Crippen LogP contribution in [0, 0.1) is 12.3 Å². The molecule has 2 rings (SSSR count). The van der Waals surface area contributed by atoms with Gasteiger partial charge in [0.15, 0.2) is 0 Å². The highest BCUT2D eigenvalue weighted by molar-refractivity contribution is 5.77. The van der Waals surface area contributed by atoms with Gasteiger partial charge in [-0.15, -0.1) is 0 Å². The third-order valence-electron chi connectivity index (χ3n) is 3.87. The highest BCUT2D eigenvalue weighted by Crippen LogP contribution is 2.42. The second-order valence-electron chi connectivity index (χ2n) is 6.65. The molecule has 1 heterocycles. The molecule has 2 N–H and O–H groups in total. The molecule has 0 bridgehead atoms. The number of rotatable bonds is 5. The van der Waals surface area contributed by atoms with Crippen LogP contribution < -0.4 is 5.32 Å². The predicted molar refractivity (Wildman–Crippen MR) is 77.9 cm³/mol. The molecule has 1 unspecified atom stereocenters. The number of nitrogens with one attached hydrogen (secondary N) is 1. The number of aryl methyl sites for hydroxylation is 1. The van der Waals surface area contributed by atoms with Gasteiger partial charge >= 0.3 is 5.97 Å². The molecule has 0 aliphatic heterocycles. The van der Waals surface area contributed by atoms with Crippen LogP contribution in [0.4, 0.5) is 0 Å². The molecule has 0 spiro atoms. The maximum atomic E-state index is 12.0. The van der Waals surface area contributed by atoms with Gasteiger partial charge in [0.25, 0.3) is 0 Å². The van der Waals surface area contributed by atoms with E-state index in [1.807, 2.05) is 13.0 Å². The fraction of sp³-hybridized carbons (Fsp3) is 0.625. The molecule has 1 aromatic rings. The van der Waals surface area contributed by atoms with Gasteiger partial charge in [-0.05, 0) is 31.2 Å². The largest absolute Gasteiger partial charge is 0.481 e. The molecule has 1 aliphatic carbocycles. The first-order valence-electron chi connectivity index (χ1n) is 7.37. The number of carboxylic acid groups (broad SMARTS) is 1. The molecule has 5 nitrogen and oxygen atoms in total. The number of carbonyl (C=O) groups excluding carboxylic acids is 1. The fourth-order valence-electron chi connectivity index (χ4n) is 2.98. The molecule has 0 fully saturated rings. The topological polar surface area (TPSA) is 79.5 Å². The van der Waals surface area contributed by atoms with Crippen molar-refractivity contribution in [3.05, 3.63) is 23.2 Å². The summed E-state index contributed by atoms with van der Waals surface area (Å²) < 4.78 is 5.74. The normalized spacial score (nSPS) is 19.9. The summed E-state index contributed by atoms with van der Waals surface area (Å²) in [5.41, 5.74) is 1.15. The smallest absolute Gasteiger partial charge is 0.303 e. The Bertz CT molecular complexity index is 544. The zero-order valence-corrected chi connectivity index (χ0v) is 12.9. The second kappa shape index (κ2) is 5.92. The van der Waals surface area contributed by atoms with Crippen molar-refractivity contribution >= 4 is 11.9 Å². The predicted octanol–water partition coefficient (Wildman–Crippen LogP) is 2.97. The average Bonchev–Trinajstić information content (AvgIpc) is 2.67. The summed E-state index contributed by atoms with van der Waals surface area (Å²) in [6.45, 7) is 6.24. The van der Waals surface area contributed by atoms with E-state index in [9.17, 15) is 9.59 Å². The second-order valence-corrected chi connectivity index (χ2v) is 6.65. The number of carboxylic acids is 1. The van der Waals surface area contributed by atoms with Gasteiger partial charge in [0.2, 0.25) is 5.91 Å². The Kier molecular flexibility index (Phi) is 4.40. The summed E-state index contributed by atoms with van der Waals surface area (Å²) in [6, 6.07) is 1.95. The lowest BCUT2D eigenvalue weighted by atomic mass is 9.74. The summed E-state index contributed by atoms with van der Waals surface area (Å²) >= 11 is 0. The molecule has 1 atom stereocenters. The standard InChI is InChI=1S/C16H23NO4/c1-10-7-11-12(8-16(2,3)9-13(11)21-10)17-14(18)5-4-6-15(19)20/h7,12H,4-6,8-9H2,1-3H3,(H,17,18)(H,19,20). The van der Waals surface area contributed by atoms with Crippen molar-refractivity contribution in [2.45, 2.75) is 58.9 Å². The zero-order chi connectivity index (χ0) is 15.6. The first-order chi connectivity index (χ1) is 9.77. The number of furan rings is 1. The molecular weight excluding hydrogens is 270 g/mol. The molecule has 0 saturated carbocycles. The number of fused-ring (bicyclic) bond motifs is 1. The van der Waals surface area contributed by atoms with Crippen molar-refractivity contribution in [1.29, 1.82) is 0 Å². The minimum atomic E-state index is -0.866. The van der Waals surface area contributed by atoms with E-state index in [0.717, 1.165) is 29.9 Å². The minimum Gasteiger partial charge on any atom is -0.481 e. The summed E-state index contributed by atoms with van der Waals surface area (Å²) in [7, 11) is 0. The van der Waals surface area contributed by atoms with Crippen molar-refractivity contribution in [3.8, 4) is 0 Å². The molecule has 1 aliphatic rings. The highest BCUT2D eigenvalue weighted by Gasteiger charge is 2.35. The molecule has 21 heavy (non-hydrogen) atoms. The third kappa shape index (κ3) is 4.09. The summed E-state index contributed by atoms with van der Waals surface area (Å²) in [5.74, 6) is 0.862. The van der Waals surface area contributed by atoms with Crippen LogP contribution in [0.15, 0.2) is 10.5 Å². The first-order valence-corrected chi connectivity index (χ1v) is 7.37. The van der Waals surface area contributed by atoms with E-state index < -0.39 is 5.97 Å². The SMILES string of the molecule is Cc1cc2c(o1)CC(C)(C)CC2NC(=O)CCCC(=O)O. The van der Waals surface area contributed by atoms with Crippen molar-refractivity contribution < 1.29 is 19.1 Å².